The van der Waals surface area contributed by atoms with Crippen molar-refractivity contribution in [3.05, 3.63) is 29.8 Å². The molecule has 1 aliphatic heterocycles. The van der Waals surface area contributed by atoms with Gasteiger partial charge in [-0.2, -0.15) is 0 Å². The maximum absolute atomic E-state index is 11.5. The van der Waals surface area contributed by atoms with E-state index in [1.165, 1.54) is 13.0 Å². The predicted molar refractivity (Wildman–Crippen MR) is 70.8 cm³/mol. The van der Waals surface area contributed by atoms with Gasteiger partial charge < -0.3 is 29.9 Å². The molecule has 2 rings (SSSR count). The molecule has 5 atom stereocenters. The molecule has 1 saturated heterocycles. The first-order chi connectivity index (χ1) is 9.95. The third kappa shape index (κ3) is 3.22. The Hall–Kier alpha value is -1.51. The average Bonchev–Trinajstić information content (AvgIpc) is 2.48. The van der Waals surface area contributed by atoms with E-state index < -0.39 is 37.3 Å². The van der Waals surface area contributed by atoms with E-state index in [-0.39, 0.29) is 11.5 Å². The summed E-state index contributed by atoms with van der Waals surface area (Å²) in [5, 5.41) is 38.4. The van der Waals surface area contributed by atoms with E-state index in [1.807, 2.05) is 0 Å². The highest BCUT2D eigenvalue weighted by Crippen LogP contribution is 2.26. The minimum atomic E-state index is -1.52. The summed E-state index contributed by atoms with van der Waals surface area (Å²) in [7, 11) is 0. The van der Waals surface area contributed by atoms with Crippen LogP contribution in [-0.4, -0.2) is 63.5 Å². The van der Waals surface area contributed by atoms with Gasteiger partial charge in [0.15, 0.2) is 5.78 Å². The zero-order valence-corrected chi connectivity index (χ0v) is 11.4. The van der Waals surface area contributed by atoms with Gasteiger partial charge in [0.2, 0.25) is 6.29 Å². The second-order valence-electron chi connectivity index (χ2n) is 4.87. The lowest BCUT2D eigenvalue weighted by atomic mass is 9.99. The number of aliphatic hydroxyl groups excluding tert-OH is 4. The van der Waals surface area contributed by atoms with Crippen LogP contribution in [0.5, 0.6) is 5.75 Å². The van der Waals surface area contributed by atoms with Gasteiger partial charge in [-0.3, -0.25) is 4.79 Å². The molecule has 4 N–H and O–H groups in total. The van der Waals surface area contributed by atoms with Gasteiger partial charge in [-0.05, 0) is 19.1 Å². The largest absolute Gasteiger partial charge is 0.461 e. The maximum atomic E-state index is 11.5. The first-order valence-corrected chi connectivity index (χ1v) is 6.53. The summed E-state index contributed by atoms with van der Waals surface area (Å²) in [5.41, 5.74) is 0.300. The molecule has 1 aromatic rings. The summed E-state index contributed by atoms with van der Waals surface area (Å²) in [4.78, 5) is 11.5. The number of Topliss-reactive ketones (excluding diaryl/α,β-unsaturated/α-hetero) is 1. The third-order valence-electron chi connectivity index (χ3n) is 3.36. The second kappa shape index (κ2) is 6.50. The van der Waals surface area contributed by atoms with E-state index in [2.05, 4.69) is 0 Å². The van der Waals surface area contributed by atoms with Gasteiger partial charge in [0, 0.05) is 0 Å². The quantitative estimate of drug-likeness (QED) is 0.530. The highest BCUT2D eigenvalue weighted by Gasteiger charge is 2.44. The van der Waals surface area contributed by atoms with E-state index in [1.54, 1.807) is 18.2 Å². The van der Waals surface area contributed by atoms with E-state index in [0.29, 0.717) is 5.56 Å². The molecule has 0 aliphatic carbocycles. The number of hydrogen-bond donors (Lipinski definition) is 4. The molecule has 0 radical (unpaired) electrons. The molecule has 7 heteroatoms. The molecule has 7 nitrogen and oxygen atoms in total. The topological polar surface area (TPSA) is 116 Å². The lowest BCUT2D eigenvalue weighted by Gasteiger charge is -2.39. The number of ketones is 1. The van der Waals surface area contributed by atoms with E-state index in [4.69, 9.17) is 14.6 Å². The Morgan fingerprint density at radius 2 is 1.86 bits per heavy atom. The molecule has 1 heterocycles. The van der Waals surface area contributed by atoms with Crippen molar-refractivity contribution >= 4 is 5.78 Å². The summed E-state index contributed by atoms with van der Waals surface area (Å²) < 4.78 is 10.7. The molecule has 0 aromatic heterocycles. The van der Waals surface area contributed by atoms with E-state index >= 15 is 0 Å². The minimum Gasteiger partial charge on any atom is -0.461 e. The van der Waals surface area contributed by atoms with Crippen molar-refractivity contribution in [2.75, 3.05) is 6.61 Å². The number of benzene rings is 1. The molecule has 0 saturated carbocycles. The Balaban J connectivity index is 2.20. The van der Waals surface area contributed by atoms with Crippen LogP contribution in [0.2, 0.25) is 0 Å². The highest BCUT2D eigenvalue weighted by atomic mass is 16.7. The van der Waals surface area contributed by atoms with Crippen molar-refractivity contribution in [3.63, 3.8) is 0 Å². The Labute approximate surface area is 121 Å². The third-order valence-corrected chi connectivity index (χ3v) is 3.36. The number of carbonyl (C=O) groups is 1. The van der Waals surface area contributed by atoms with E-state index in [9.17, 15) is 20.1 Å². The second-order valence-corrected chi connectivity index (χ2v) is 4.87. The van der Waals surface area contributed by atoms with Crippen LogP contribution in [0.3, 0.4) is 0 Å². The fourth-order valence-electron chi connectivity index (χ4n) is 2.15. The standard InChI is InChI=1S/C14H18O7/c1-7(16)8-4-2-3-5-9(8)20-14-13(19)12(18)11(17)10(6-15)21-14/h2-5,10-15,17-19H,6H2,1H3/t10-,11+,12+,13+,14-/m0/s1. The fraction of sp³-hybridized carbons (Fsp3) is 0.500. The van der Waals surface area contributed by atoms with Gasteiger partial charge >= 0.3 is 0 Å². The molecule has 1 aromatic carbocycles. The monoisotopic (exact) mass is 298 g/mol. The summed E-state index contributed by atoms with van der Waals surface area (Å²) >= 11 is 0. The van der Waals surface area contributed by atoms with E-state index in [0.717, 1.165) is 0 Å². The van der Waals surface area contributed by atoms with Crippen LogP contribution in [0.15, 0.2) is 24.3 Å². The minimum absolute atomic E-state index is 0.189. The highest BCUT2D eigenvalue weighted by molar-refractivity contribution is 5.96. The molecular formula is C14H18O7. The van der Waals surface area contributed by atoms with Crippen LogP contribution >= 0.6 is 0 Å². The molecule has 116 valence electrons. The Kier molecular flexibility index (Phi) is 4.92. The van der Waals surface area contributed by atoms with Gasteiger partial charge in [-0.15, -0.1) is 0 Å². The molecule has 0 bridgehead atoms. The number of ether oxygens (including phenoxy) is 2. The van der Waals surface area contributed by atoms with Crippen molar-refractivity contribution < 1.29 is 34.7 Å². The van der Waals surface area contributed by atoms with Crippen molar-refractivity contribution in [2.24, 2.45) is 0 Å². The number of hydrogen-bond acceptors (Lipinski definition) is 7. The lowest BCUT2D eigenvalue weighted by molar-refractivity contribution is -0.277. The molecule has 0 spiro atoms. The zero-order valence-electron chi connectivity index (χ0n) is 11.4. The zero-order chi connectivity index (χ0) is 15.6. The van der Waals surface area contributed by atoms with Crippen molar-refractivity contribution in [2.45, 2.75) is 37.6 Å². The van der Waals surface area contributed by atoms with Crippen molar-refractivity contribution in [3.8, 4) is 5.75 Å². The van der Waals surface area contributed by atoms with Crippen LogP contribution in [0.4, 0.5) is 0 Å². The summed E-state index contributed by atoms with van der Waals surface area (Å²) in [6.45, 7) is 0.828. The van der Waals surface area contributed by atoms with Crippen LogP contribution in [0.25, 0.3) is 0 Å². The summed E-state index contributed by atoms with van der Waals surface area (Å²) in [6, 6.07) is 6.39. The molecule has 1 aliphatic rings. The lowest BCUT2D eigenvalue weighted by Crippen LogP contribution is -2.60. The molecule has 21 heavy (non-hydrogen) atoms. The van der Waals surface area contributed by atoms with Crippen LogP contribution in [0.1, 0.15) is 17.3 Å². The van der Waals surface area contributed by atoms with Crippen molar-refractivity contribution in [1.82, 2.24) is 0 Å². The summed E-state index contributed by atoms with van der Waals surface area (Å²) in [5.74, 6) is -0.0375. The van der Waals surface area contributed by atoms with Gasteiger partial charge in [0.1, 0.15) is 30.2 Å². The molecule has 1 fully saturated rings. The summed E-state index contributed by atoms with van der Waals surface area (Å²) in [6.07, 6.45) is -6.85. The van der Waals surface area contributed by atoms with Gasteiger partial charge in [0.05, 0.1) is 12.2 Å². The maximum Gasteiger partial charge on any atom is 0.229 e. The number of para-hydroxylation sites is 1. The number of carbonyl (C=O) groups excluding carboxylic acids is 1. The molecule has 0 unspecified atom stereocenters. The van der Waals surface area contributed by atoms with Gasteiger partial charge in [0.25, 0.3) is 0 Å². The Bertz CT molecular complexity index is 502. The van der Waals surface area contributed by atoms with Gasteiger partial charge in [-0.25, -0.2) is 0 Å². The molecule has 0 amide bonds. The fourth-order valence-corrected chi connectivity index (χ4v) is 2.15. The number of rotatable bonds is 4. The Morgan fingerprint density at radius 3 is 2.48 bits per heavy atom. The first-order valence-electron chi connectivity index (χ1n) is 6.53. The van der Waals surface area contributed by atoms with Crippen LogP contribution < -0.4 is 4.74 Å². The SMILES string of the molecule is CC(=O)c1ccccc1O[C@H]1O[C@@H](CO)[C@@H](O)[C@@H](O)[C@H]1O. The molecular weight excluding hydrogens is 280 g/mol. The number of aliphatic hydroxyl groups is 4. The van der Waals surface area contributed by atoms with Crippen LogP contribution in [-0.2, 0) is 4.74 Å². The Morgan fingerprint density at radius 1 is 1.19 bits per heavy atom. The van der Waals surface area contributed by atoms with Gasteiger partial charge in [-0.1, -0.05) is 12.1 Å². The average molecular weight is 298 g/mol. The first kappa shape index (κ1) is 15.9. The van der Waals surface area contributed by atoms with Crippen LogP contribution in [0, 0.1) is 0 Å². The van der Waals surface area contributed by atoms with Crippen molar-refractivity contribution in [1.29, 1.82) is 0 Å². The predicted octanol–water partition coefficient (Wildman–Crippen LogP) is -0.932. The normalized spacial score (nSPS) is 32.7. The smallest absolute Gasteiger partial charge is 0.229 e.